The van der Waals surface area contributed by atoms with Crippen LogP contribution in [0.4, 0.5) is 17.6 Å². The number of halogens is 4. The molecule has 688 valence electrons. The number of rotatable bonds is 24. The molecule has 0 aliphatic carbocycles. The van der Waals surface area contributed by atoms with E-state index in [1.54, 1.807) is 75.6 Å². The topological polar surface area (TPSA) is 622 Å². The zero-order valence-corrected chi connectivity index (χ0v) is 69.2. The van der Waals surface area contributed by atoms with Crippen molar-refractivity contribution in [2.75, 3.05) is 54.8 Å². The number of phosphoric ester groups is 4. The van der Waals surface area contributed by atoms with Gasteiger partial charge in [0.15, 0.2) is 96.0 Å². The second-order valence-corrected chi connectivity index (χ2v) is 33.7. The van der Waals surface area contributed by atoms with Crippen molar-refractivity contribution >= 4 is 56.4 Å². The highest BCUT2D eigenvalue weighted by Crippen LogP contribution is 2.62. The maximum Gasteiger partial charge on any atom is 0.530 e. The van der Waals surface area contributed by atoms with Gasteiger partial charge in [0, 0.05) is 72.7 Å². The lowest BCUT2D eigenvalue weighted by atomic mass is 10.2. The molecule has 8 aliphatic heterocycles. The minimum Gasteiger partial charge on any atom is -0.493 e. The lowest BCUT2D eigenvalue weighted by Gasteiger charge is -2.28. The summed E-state index contributed by atoms with van der Waals surface area (Å²) in [7, 11) is -12.8. The van der Waals surface area contributed by atoms with Crippen LogP contribution in [-0.4, -0.2) is 186 Å². The molecule has 0 amide bonds. The molecule has 0 radical (unpaired) electrons. The molecule has 12 heterocycles. The minimum absolute atomic E-state index is 0.0417. The van der Waals surface area contributed by atoms with Gasteiger partial charge in [-0.05, 0) is 24.3 Å². The van der Waals surface area contributed by atoms with E-state index in [0.29, 0.717) is 48.3 Å². The molecule has 4 aromatic heterocycles. The zero-order valence-electron chi connectivity index (χ0n) is 71.7. The summed E-state index contributed by atoms with van der Waals surface area (Å²) in [4.78, 5) is 146. The summed E-state index contributed by atoms with van der Waals surface area (Å²) in [5, 5.41) is 41.2. The van der Waals surface area contributed by atoms with Gasteiger partial charge in [-0.25, -0.2) is 55.0 Å². The average Bonchev–Trinajstić information content (AvgIpc) is 1.55. The molecule has 8 aliphatic rings. The van der Waals surface area contributed by atoms with Crippen molar-refractivity contribution in [1.29, 1.82) is 0 Å². The van der Waals surface area contributed by atoms with Crippen LogP contribution in [0, 0.1) is 0 Å². The van der Waals surface area contributed by atoms with Gasteiger partial charge in [0.05, 0.1) is 85.3 Å². The van der Waals surface area contributed by atoms with E-state index in [9.17, 15) is 96.2 Å². The average molecular weight is 1900 g/mol. The third-order valence-corrected chi connectivity index (χ3v) is 23.7. The fourth-order valence-electron chi connectivity index (χ4n) is 12.7. The zero-order chi connectivity index (χ0) is 97.8. The van der Waals surface area contributed by atoms with Crippen LogP contribution in [0.1, 0.15) is 122 Å². The number of alkyl halides is 4. The molecule has 56 heteroatoms. The summed E-state index contributed by atoms with van der Waals surface area (Å²) in [5.74, 6) is -11.9. The van der Waals surface area contributed by atoms with Gasteiger partial charge in [0.1, 0.15) is 50.7 Å². The number of para-hydroxylation sites is 4. The standard InChI is InChI=1S/4C18H18FN2O10P/c4*1-27-13-4-2-3-10-8-28-32(26,31-14(10)13)29-9-18(19)5-12(23)16(30-18)21-6-11(7-22)15(24)20-17(21)25/h4*2-4,6-7,12,16,23H,5,8-9H2,1H3,(H,20,24,25)/t4*12-,16-,18+,32?/m1111/s1/i9D2,16D;16D;9D2;. The Bertz CT molecular complexity index is 6640. The number of ether oxygens (including phenoxy) is 8. The Hall–Kier alpha value is -11.3. The maximum absolute atomic E-state index is 15.8. The number of benzene rings is 4. The summed E-state index contributed by atoms with van der Waals surface area (Å²) in [5.41, 5.74) is -9.13. The Morgan fingerprint density at radius 1 is 0.398 bits per heavy atom. The SMILES string of the molecule is COc1cccc2c1OP(=O)(OC[C@]1(F)C[C@@H](O)[C@H](n3cc(C=O)c(=O)[nH]c3=O)O1)OC2.[2H]C([2H])(OP1(=O)OCc2cccc(OC)c2O1)[C@]1(F)C[C@@H](O)[C@H](n2cc(C=O)c(=O)[nH]c2=O)O1.[2H]C([2H])(OP1(=O)OCc2cccc(OC)c2O1)[C@]1(F)C[C@@H](O)[C@]([2H])(n2cc(C=O)c(=O)[nH]c2=O)O1.[2H][C@@]1(n2cc(C=O)c(=O)[nH]c2=O)O[C@](F)(COP2(=O)OCc3cccc(OC)c3O2)C[C@H]1O. The molecule has 16 atom stereocenters. The lowest BCUT2D eigenvalue weighted by Crippen LogP contribution is -2.37. The van der Waals surface area contributed by atoms with Crippen molar-refractivity contribution in [1.82, 2.24) is 38.2 Å². The van der Waals surface area contributed by atoms with Crippen LogP contribution < -0.4 is 82.0 Å². The number of aromatic nitrogens is 8. The molecule has 0 saturated carbocycles. The van der Waals surface area contributed by atoms with Crippen LogP contribution >= 0.6 is 31.3 Å². The number of hydrogen-bond acceptors (Lipinski definition) is 40. The minimum atomic E-state index is -4.84. The van der Waals surface area contributed by atoms with Crippen molar-refractivity contribution in [3.63, 3.8) is 0 Å². The molecule has 8 aromatic rings. The first-order valence-corrected chi connectivity index (χ1v) is 42.3. The van der Waals surface area contributed by atoms with Gasteiger partial charge in [-0.1, -0.05) is 48.5 Å². The number of nitrogens with one attached hydrogen (secondary N) is 4. The van der Waals surface area contributed by atoms with Crippen LogP contribution in [0.25, 0.3) is 0 Å². The molecule has 48 nitrogen and oxygen atoms in total. The maximum atomic E-state index is 15.8. The highest BCUT2D eigenvalue weighted by atomic mass is 31.2. The number of aliphatic hydroxyl groups excluding tert-OH is 4. The van der Waals surface area contributed by atoms with Crippen LogP contribution in [0.5, 0.6) is 46.0 Å². The van der Waals surface area contributed by atoms with E-state index in [1.165, 1.54) is 40.6 Å². The van der Waals surface area contributed by atoms with Crippen LogP contribution in [0.3, 0.4) is 0 Å². The highest BCUT2D eigenvalue weighted by Gasteiger charge is 2.56. The number of carbonyl (C=O) groups excluding carboxylic acids is 4. The summed E-state index contributed by atoms with van der Waals surface area (Å²) in [6.45, 7) is -10.3. The Balaban J connectivity index is 0.000000152. The Morgan fingerprint density at radius 3 is 0.961 bits per heavy atom. The number of methoxy groups -OCH3 is 4. The fraction of sp³-hybridized carbons (Fsp3) is 0.389. The second kappa shape index (κ2) is 37.8. The van der Waals surface area contributed by atoms with E-state index < -0.39 is 223 Å². The molecule has 4 fully saturated rings. The van der Waals surface area contributed by atoms with Gasteiger partial charge in [0.2, 0.25) is 23.4 Å². The first-order valence-electron chi connectivity index (χ1n) is 39.5. The van der Waals surface area contributed by atoms with Crippen LogP contribution in [0.2, 0.25) is 0 Å². The van der Waals surface area contributed by atoms with E-state index in [4.69, 9.17) is 100 Å². The van der Waals surface area contributed by atoms with Gasteiger partial charge >= 0.3 is 54.0 Å². The van der Waals surface area contributed by atoms with E-state index in [1.807, 2.05) is 4.98 Å². The summed E-state index contributed by atoms with van der Waals surface area (Å²) in [6.07, 6.45) is -17.5. The predicted molar refractivity (Wildman–Crippen MR) is 413 cm³/mol. The Kier molecular flexibility index (Phi) is 25.4. The number of carbonyl (C=O) groups is 4. The molecule has 0 spiro atoms. The van der Waals surface area contributed by atoms with E-state index in [-0.39, 0.29) is 102 Å². The van der Waals surface area contributed by atoms with Crippen molar-refractivity contribution in [2.45, 2.75) is 125 Å². The second-order valence-electron chi connectivity index (χ2n) is 27.5. The summed E-state index contributed by atoms with van der Waals surface area (Å²) in [6, 6.07) is 19.0. The third kappa shape index (κ3) is 20.5. The molecule has 4 unspecified atom stereocenters. The number of phosphoric acid groups is 4. The molecular weight excluding hydrogens is 1820 g/mol. The number of aliphatic hydroxyl groups is 4. The van der Waals surface area contributed by atoms with Crippen molar-refractivity contribution in [3.05, 3.63) is 225 Å². The number of hydrogen-bond donors (Lipinski definition) is 8. The normalized spacial score (nSPS) is 31.3. The largest absolute Gasteiger partial charge is 0.530 e. The van der Waals surface area contributed by atoms with Gasteiger partial charge in [-0.3, -0.25) is 113 Å². The molecule has 4 saturated heterocycles. The first kappa shape index (κ1) is 86.1. The number of fused-ring (bicyclic) bond motifs is 4. The number of nitrogens with zero attached hydrogens (tertiary/aromatic N) is 4. The van der Waals surface area contributed by atoms with Gasteiger partial charge < -0.3 is 76.4 Å². The fourth-order valence-corrected chi connectivity index (χ4v) is 17.4. The summed E-state index contributed by atoms with van der Waals surface area (Å²) >= 11 is 0. The molecular formula is C72H72F4N8O40P4. The molecule has 0 bridgehead atoms. The van der Waals surface area contributed by atoms with Crippen molar-refractivity contribution in [2.24, 2.45) is 0 Å². The number of H-pyrrole nitrogens is 4. The quantitative estimate of drug-likeness (QED) is 0.0239. The first-order chi connectivity index (χ1) is 62.9. The van der Waals surface area contributed by atoms with E-state index in [0.717, 1.165) is 12.4 Å². The third-order valence-electron chi connectivity index (χ3n) is 18.8. The molecule has 4 aromatic carbocycles. The van der Waals surface area contributed by atoms with Gasteiger partial charge in [-0.2, -0.15) is 0 Å². The smallest absolute Gasteiger partial charge is 0.493 e. The van der Waals surface area contributed by atoms with E-state index >= 15 is 17.6 Å². The van der Waals surface area contributed by atoms with Crippen molar-refractivity contribution in [3.8, 4) is 46.0 Å². The summed E-state index contributed by atoms with van der Waals surface area (Å²) < 4.78 is 266. The van der Waals surface area contributed by atoms with Gasteiger partial charge in [-0.15, -0.1) is 0 Å². The molecule has 16 rings (SSSR count). The Labute approximate surface area is 719 Å². The highest BCUT2D eigenvalue weighted by molar-refractivity contribution is 7.49. The Morgan fingerprint density at radius 2 is 0.648 bits per heavy atom. The van der Waals surface area contributed by atoms with E-state index in [2.05, 4.69) is 0 Å². The lowest BCUT2D eigenvalue weighted by molar-refractivity contribution is -0.179. The van der Waals surface area contributed by atoms with Crippen LogP contribution in [-0.2, 0) is 99.8 Å². The number of aromatic amines is 4. The van der Waals surface area contributed by atoms with Gasteiger partial charge in [0.25, 0.3) is 22.2 Å². The molecule has 8 N–H and O–H groups in total. The molecule has 128 heavy (non-hydrogen) atoms. The predicted octanol–water partition coefficient (Wildman–Crippen LogP) is 4.15. The number of aldehydes is 4. The van der Waals surface area contributed by atoms with Crippen molar-refractivity contribution < 1.29 is 176 Å². The van der Waals surface area contributed by atoms with Crippen LogP contribution in [0.15, 0.2) is 136 Å². The monoisotopic (exact) mass is 1890 g/mol.